The summed E-state index contributed by atoms with van der Waals surface area (Å²) >= 11 is 0. The van der Waals surface area contributed by atoms with E-state index in [1.54, 1.807) is 18.2 Å². The summed E-state index contributed by atoms with van der Waals surface area (Å²) in [7, 11) is 0. The number of phenols is 1. The van der Waals surface area contributed by atoms with Crippen LogP contribution in [-0.4, -0.2) is 35.4 Å². The van der Waals surface area contributed by atoms with Crippen LogP contribution in [-0.2, 0) is 0 Å². The highest BCUT2D eigenvalue weighted by molar-refractivity contribution is 5.96. The molecule has 0 bridgehead atoms. The van der Waals surface area contributed by atoms with Gasteiger partial charge in [-0.2, -0.15) is 0 Å². The average molecular weight is 249 g/mol. The van der Waals surface area contributed by atoms with Gasteiger partial charge in [0.15, 0.2) is 5.78 Å². The molecule has 0 fully saturated rings. The van der Waals surface area contributed by atoms with Crippen molar-refractivity contribution in [2.24, 2.45) is 0 Å². The second kappa shape index (κ2) is 7.88. The van der Waals surface area contributed by atoms with Gasteiger partial charge in [0.05, 0.1) is 0 Å². The van der Waals surface area contributed by atoms with Crippen LogP contribution in [0.3, 0.4) is 0 Å². The Hall–Kier alpha value is -1.35. The topological polar surface area (TPSA) is 40.5 Å². The number of aromatic hydroxyl groups is 1. The number of carbonyl (C=O) groups excluding carboxylic acids is 1. The highest BCUT2D eigenvalue weighted by Crippen LogP contribution is 2.13. The molecule has 0 aliphatic rings. The van der Waals surface area contributed by atoms with E-state index in [4.69, 9.17) is 0 Å². The van der Waals surface area contributed by atoms with E-state index in [0.29, 0.717) is 12.0 Å². The molecule has 0 unspecified atom stereocenters. The van der Waals surface area contributed by atoms with Gasteiger partial charge in [-0.1, -0.05) is 26.0 Å². The standard InChI is InChI=1S/C15H23NO2/c1-3-9-16(10-4-2)11-8-15(18)13-6-5-7-14(17)12-13/h5-7,12,17H,3-4,8-11H2,1-2H3. The Morgan fingerprint density at radius 2 is 1.83 bits per heavy atom. The van der Waals surface area contributed by atoms with Crippen molar-refractivity contribution in [2.45, 2.75) is 33.1 Å². The molecule has 0 radical (unpaired) electrons. The lowest BCUT2D eigenvalue weighted by Gasteiger charge is -2.20. The van der Waals surface area contributed by atoms with Gasteiger partial charge in [0.25, 0.3) is 0 Å². The predicted molar refractivity (Wildman–Crippen MR) is 74.1 cm³/mol. The van der Waals surface area contributed by atoms with Crippen molar-refractivity contribution in [2.75, 3.05) is 19.6 Å². The largest absolute Gasteiger partial charge is 0.508 e. The summed E-state index contributed by atoms with van der Waals surface area (Å²) in [6.07, 6.45) is 2.74. The molecule has 1 aromatic carbocycles. The number of hydrogen-bond donors (Lipinski definition) is 1. The monoisotopic (exact) mass is 249 g/mol. The van der Waals surface area contributed by atoms with E-state index < -0.39 is 0 Å². The van der Waals surface area contributed by atoms with E-state index in [9.17, 15) is 9.90 Å². The second-order valence-electron chi connectivity index (χ2n) is 4.57. The summed E-state index contributed by atoms with van der Waals surface area (Å²) in [5.41, 5.74) is 0.600. The Bertz CT molecular complexity index is 371. The third kappa shape index (κ3) is 4.88. The van der Waals surface area contributed by atoms with Crippen LogP contribution in [0.1, 0.15) is 43.5 Å². The summed E-state index contributed by atoms with van der Waals surface area (Å²) in [5, 5.41) is 9.35. The van der Waals surface area contributed by atoms with Gasteiger partial charge in [-0.15, -0.1) is 0 Å². The number of benzene rings is 1. The van der Waals surface area contributed by atoms with Gasteiger partial charge >= 0.3 is 0 Å². The van der Waals surface area contributed by atoms with E-state index in [0.717, 1.165) is 32.5 Å². The highest BCUT2D eigenvalue weighted by atomic mass is 16.3. The van der Waals surface area contributed by atoms with Crippen LogP contribution in [0.15, 0.2) is 24.3 Å². The SMILES string of the molecule is CCCN(CCC)CCC(=O)c1cccc(O)c1. The number of ketones is 1. The summed E-state index contributed by atoms with van der Waals surface area (Å²) < 4.78 is 0. The molecular formula is C15H23NO2. The maximum Gasteiger partial charge on any atom is 0.164 e. The molecule has 0 spiro atoms. The zero-order chi connectivity index (χ0) is 13.4. The molecule has 0 heterocycles. The molecule has 1 rings (SSSR count). The van der Waals surface area contributed by atoms with Gasteiger partial charge in [0.2, 0.25) is 0 Å². The molecular weight excluding hydrogens is 226 g/mol. The summed E-state index contributed by atoms with van der Waals surface area (Å²) in [6, 6.07) is 6.58. The fourth-order valence-corrected chi connectivity index (χ4v) is 2.05. The molecule has 0 saturated carbocycles. The molecule has 3 nitrogen and oxygen atoms in total. The molecule has 0 saturated heterocycles. The minimum atomic E-state index is 0.100. The minimum absolute atomic E-state index is 0.100. The molecule has 0 aromatic heterocycles. The first kappa shape index (κ1) is 14.7. The fraction of sp³-hybridized carbons (Fsp3) is 0.533. The highest BCUT2D eigenvalue weighted by Gasteiger charge is 2.09. The van der Waals surface area contributed by atoms with Crippen molar-refractivity contribution in [1.29, 1.82) is 0 Å². The first-order valence-electron chi connectivity index (χ1n) is 6.72. The van der Waals surface area contributed by atoms with Crippen LogP contribution in [0.25, 0.3) is 0 Å². The van der Waals surface area contributed by atoms with Crippen molar-refractivity contribution in [1.82, 2.24) is 4.90 Å². The first-order valence-corrected chi connectivity index (χ1v) is 6.72. The molecule has 3 heteroatoms. The van der Waals surface area contributed by atoms with Gasteiger partial charge < -0.3 is 10.0 Å². The van der Waals surface area contributed by atoms with Crippen molar-refractivity contribution in [3.05, 3.63) is 29.8 Å². The van der Waals surface area contributed by atoms with E-state index in [2.05, 4.69) is 18.7 Å². The zero-order valence-corrected chi connectivity index (χ0v) is 11.4. The Labute approximate surface area is 109 Å². The van der Waals surface area contributed by atoms with Crippen molar-refractivity contribution >= 4 is 5.78 Å². The summed E-state index contributed by atoms with van der Waals surface area (Å²) in [5.74, 6) is 0.253. The lowest BCUT2D eigenvalue weighted by atomic mass is 10.1. The van der Waals surface area contributed by atoms with Gasteiger partial charge in [0, 0.05) is 18.5 Å². The Balaban J connectivity index is 2.49. The van der Waals surface area contributed by atoms with Gasteiger partial charge in [-0.3, -0.25) is 4.79 Å². The molecule has 0 amide bonds. The van der Waals surface area contributed by atoms with Crippen LogP contribution in [0.4, 0.5) is 0 Å². The lowest BCUT2D eigenvalue weighted by molar-refractivity contribution is 0.0963. The van der Waals surface area contributed by atoms with Crippen molar-refractivity contribution in [3.8, 4) is 5.75 Å². The average Bonchev–Trinajstić information content (AvgIpc) is 2.36. The Morgan fingerprint density at radius 1 is 1.17 bits per heavy atom. The van der Waals surface area contributed by atoms with Crippen LogP contribution in [0, 0.1) is 0 Å². The molecule has 0 atom stereocenters. The fourth-order valence-electron chi connectivity index (χ4n) is 2.05. The quantitative estimate of drug-likeness (QED) is 0.720. The molecule has 1 aromatic rings. The van der Waals surface area contributed by atoms with E-state index in [-0.39, 0.29) is 11.5 Å². The van der Waals surface area contributed by atoms with Crippen molar-refractivity contribution in [3.63, 3.8) is 0 Å². The van der Waals surface area contributed by atoms with Gasteiger partial charge in [-0.05, 0) is 38.1 Å². The number of hydrogen-bond acceptors (Lipinski definition) is 3. The predicted octanol–water partition coefficient (Wildman–Crippen LogP) is 3.09. The van der Waals surface area contributed by atoms with Crippen molar-refractivity contribution < 1.29 is 9.90 Å². The van der Waals surface area contributed by atoms with Crippen LogP contribution < -0.4 is 0 Å². The number of nitrogens with zero attached hydrogens (tertiary/aromatic N) is 1. The Morgan fingerprint density at radius 3 is 2.39 bits per heavy atom. The maximum atomic E-state index is 12.0. The number of phenolic OH excluding ortho intramolecular Hbond substituents is 1. The minimum Gasteiger partial charge on any atom is -0.508 e. The molecule has 18 heavy (non-hydrogen) atoms. The second-order valence-corrected chi connectivity index (χ2v) is 4.57. The van der Waals surface area contributed by atoms with E-state index in [1.807, 2.05) is 0 Å². The number of carbonyl (C=O) groups is 1. The third-order valence-electron chi connectivity index (χ3n) is 2.90. The van der Waals surface area contributed by atoms with E-state index in [1.165, 1.54) is 6.07 Å². The van der Waals surface area contributed by atoms with Gasteiger partial charge in [0.1, 0.15) is 5.75 Å². The molecule has 0 aliphatic carbocycles. The normalized spacial score (nSPS) is 10.8. The third-order valence-corrected chi connectivity index (χ3v) is 2.90. The number of rotatable bonds is 8. The van der Waals surface area contributed by atoms with Crippen LogP contribution >= 0.6 is 0 Å². The molecule has 0 aliphatic heterocycles. The van der Waals surface area contributed by atoms with E-state index >= 15 is 0 Å². The maximum absolute atomic E-state index is 12.0. The van der Waals surface area contributed by atoms with Crippen LogP contribution in [0.5, 0.6) is 5.75 Å². The van der Waals surface area contributed by atoms with Crippen LogP contribution in [0.2, 0.25) is 0 Å². The molecule has 1 N–H and O–H groups in total. The zero-order valence-electron chi connectivity index (χ0n) is 11.4. The number of Topliss-reactive ketones (excluding diaryl/α,β-unsaturated/α-hetero) is 1. The molecule has 100 valence electrons. The summed E-state index contributed by atoms with van der Waals surface area (Å²) in [4.78, 5) is 14.3. The first-order chi connectivity index (χ1) is 8.67. The van der Waals surface area contributed by atoms with Gasteiger partial charge in [-0.25, -0.2) is 0 Å². The smallest absolute Gasteiger partial charge is 0.164 e. The lowest BCUT2D eigenvalue weighted by Crippen LogP contribution is -2.28. The summed E-state index contributed by atoms with van der Waals surface area (Å²) in [6.45, 7) is 7.19. The Kier molecular flexibility index (Phi) is 6.44.